The Balaban J connectivity index is 0.986. The van der Waals surface area contributed by atoms with Crippen molar-refractivity contribution in [3.05, 3.63) is 182 Å². The molecular weight excluding hydrogens is 689 g/mol. The van der Waals surface area contributed by atoms with E-state index in [9.17, 15) is 0 Å². The predicted octanol–water partition coefficient (Wildman–Crippen LogP) is 13.1. The third-order valence-corrected chi connectivity index (χ3v) is 10.4. The zero-order chi connectivity index (χ0) is 37.0. The first-order chi connectivity index (χ1) is 27.7. The van der Waals surface area contributed by atoms with E-state index in [2.05, 4.69) is 78.9 Å². The largest absolute Gasteiger partial charge is 0.456 e. The van der Waals surface area contributed by atoms with Gasteiger partial charge in [-0.1, -0.05) is 146 Å². The van der Waals surface area contributed by atoms with Crippen LogP contribution in [0.3, 0.4) is 0 Å². The van der Waals surface area contributed by atoms with Crippen LogP contribution in [0.1, 0.15) is 0 Å². The SMILES string of the molecule is c1ccc(-c2nc(-c3ccccc3)nc(-c3ccc(-c4ccc(-c5ccc6oc7ccc8oc(-c9ccccc9)nc8c7c6c5)c5ccccc45)cc3)n2)cc1. The molecule has 0 aliphatic carbocycles. The van der Waals surface area contributed by atoms with Crippen LogP contribution in [0, 0.1) is 0 Å². The quantitative estimate of drug-likeness (QED) is 0.170. The zero-order valence-electron chi connectivity index (χ0n) is 29.9. The molecule has 262 valence electrons. The van der Waals surface area contributed by atoms with Gasteiger partial charge in [0.15, 0.2) is 23.1 Å². The van der Waals surface area contributed by atoms with E-state index in [1.807, 2.05) is 103 Å². The van der Waals surface area contributed by atoms with E-state index < -0.39 is 0 Å². The molecular formula is C50H30N4O2. The van der Waals surface area contributed by atoms with Crippen molar-refractivity contribution < 1.29 is 8.83 Å². The molecule has 56 heavy (non-hydrogen) atoms. The molecule has 0 spiro atoms. The van der Waals surface area contributed by atoms with Crippen LogP contribution in [-0.2, 0) is 0 Å². The lowest BCUT2D eigenvalue weighted by atomic mass is 9.91. The van der Waals surface area contributed by atoms with Gasteiger partial charge in [-0.3, -0.25) is 0 Å². The Kier molecular flexibility index (Phi) is 7.38. The molecule has 0 saturated carbocycles. The third-order valence-electron chi connectivity index (χ3n) is 10.4. The summed E-state index contributed by atoms with van der Waals surface area (Å²) in [4.78, 5) is 19.7. The fraction of sp³-hybridized carbons (Fsp3) is 0. The molecule has 0 unspecified atom stereocenters. The maximum Gasteiger partial charge on any atom is 0.227 e. The number of fused-ring (bicyclic) bond motifs is 6. The van der Waals surface area contributed by atoms with Crippen LogP contribution < -0.4 is 0 Å². The van der Waals surface area contributed by atoms with Crippen molar-refractivity contribution in [1.29, 1.82) is 0 Å². The topological polar surface area (TPSA) is 77.8 Å². The van der Waals surface area contributed by atoms with Crippen molar-refractivity contribution in [1.82, 2.24) is 19.9 Å². The average molecular weight is 719 g/mol. The Bertz CT molecular complexity index is 3170. The molecule has 0 saturated heterocycles. The summed E-state index contributed by atoms with van der Waals surface area (Å²) in [5, 5.41) is 4.29. The van der Waals surface area contributed by atoms with Crippen molar-refractivity contribution in [3.8, 4) is 67.9 Å². The number of rotatable bonds is 6. The van der Waals surface area contributed by atoms with Gasteiger partial charge in [0.05, 0.1) is 5.39 Å². The standard InChI is InChI=1S/C50H30N4O2/c1-4-12-32(13-5-1)47-52-48(33-14-6-2-7-15-33)54-49(53-47)34-22-20-31(21-23-34)37-25-26-38(40-19-11-10-18-39(37)40)36-24-27-42-41(30-36)45-43(55-42)28-29-44-46(45)51-50(56-44)35-16-8-3-9-17-35/h1-30H. The highest BCUT2D eigenvalue weighted by Gasteiger charge is 2.19. The molecule has 0 amide bonds. The molecule has 0 aliphatic heterocycles. The minimum atomic E-state index is 0.593. The van der Waals surface area contributed by atoms with Gasteiger partial charge in [-0.2, -0.15) is 0 Å². The molecule has 0 atom stereocenters. The van der Waals surface area contributed by atoms with Gasteiger partial charge in [-0.25, -0.2) is 19.9 Å². The number of furan rings is 1. The van der Waals surface area contributed by atoms with E-state index in [1.54, 1.807) is 0 Å². The lowest BCUT2D eigenvalue weighted by molar-refractivity contribution is 0.619. The van der Waals surface area contributed by atoms with Crippen LogP contribution in [0.5, 0.6) is 0 Å². The van der Waals surface area contributed by atoms with E-state index in [0.29, 0.717) is 23.4 Å². The van der Waals surface area contributed by atoms with Crippen LogP contribution in [0.25, 0.3) is 112 Å². The van der Waals surface area contributed by atoms with Crippen molar-refractivity contribution in [3.63, 3.8) is 0 Å². The number of oxazole rings is 1. The first kappa shape index (κ1) is 31.8. The summed E-state index contributed by atoms with van der Waals surface area (Å²) in [6.45, 7) is 0. The van der Waals surface area contributed by atoms with E-state index in [4.69, 9.17) is 28.8 Å². The van der Waals surface area contributed by atoms with Crippen LogP contribution in [0.2, 0.25) is 0 Å². The fourth-order valence-electron chi connectivity index (χ4n) is 7.66. The third kappa shape index (κ3) is 5.43. The number of hydrogen-bond acceptors (Lipinski definition) is 6. The van der Waals surface area contributed by atoms with E-state index in [0.717, 1.165) is 82.9 Å². The van der Waals surface area contributed by atoms with Crippen molar-refractivity contribution in [2.75, 3.05) is 0 Å². The van der Waals surface area contributed by atoms with Gasteiger partial charge in [0.1, 0.15) is 16.7 Å². The van der Waals surface area contributed by atoms with Crippen molar-refractivity contribution in [2.24, 2.45) is 0 Å². The highest BCUT2D eigenvalue weighted by Crippen LogP contribution is 2.41. The van der Waals surface area contributed by atoms with Crippen LogP contribution in [-0.4, -0.2) is 19.9 Å². The fourth-order valence-corrected chi connectivity index (χ4v) is 7.66. The molecule has 0 N–H and O–H groups in total. The highest BCUT2D eigenvalue weighted by atomic mass is 16.4. The molecule has 0 radical (unpaired) electrons. The van der Waals surface area contributed by atoms with E-state index >= 15 is 0 Å². The maximum absolute atomic E-state index is 6.34. The van der Waals surface area contributed by atoms with E-state index in [-0.39, 0.29) is 0 Å². The Morgan fingerprint density at radius 2 is 0.768 bits per heavy atom. The minimum Gasteiger partial charge on any atom is -0.456 e. The van der Waals surface area contributed by atoms with Crippen LogP contribution in [0.4, 0.5) is 0 Å². The molecule has 3 aromatic heterocycles. The number of hydrogen-bond donors (Lipinski definition) is 0. The molecule has 11 rings (SSSR count). The Morgan fingerprint density at radius 3 is 1.38 bits per heavy atom. The number of nitrogens with zero attached hydrogens (tertiary/aromatic N) is 4. The summed E-state index contributed by atoms with van der Waals surface area (Å²) in [5.74, 6) is 2.51. The summed E-state index contributed by atoms with van der Waals surface area (Å²) >= 11 is 0. The second-order valence-electron chi connectivity index (χ2n) is 13.8. The molecule has 11 aromatic rings. The van der Waals surface area contributed by atoms with Gasteiger partial charge in [0.2, 0.25) is 5.89 Å². The Morgan fingerprint density at radius 1 is 0.304 bits per heavy atom. The number of benzene rings is 8. The maximum atomic E-state index is 6.34. The molecule has 3 heterocycles. The van der Waals surface area contributed by atoms with Gasteiger partial charge in [-0.05, 0) is 69.4 Å². The van der Waals surface area contributed by atoms with Crippen LogP contribution in [0.15, 0.2) is 191 Å². The summed E-state index contributed by atoms with van der Waals surface area (Å²) in [6, 6.07) is 62.0. The lowest BCUT2D eigenvalue weighted by Gasteiger charge is -2.13. The Labute approximate surface area is 321 Å². The van der Waals surface area contributed by atoms with Gasteiger partial charge in [0.25, 0.3) is 0 Å². The zero-order valence-corrected chi connectivity index (χ0v) is 29.9. The van der Waals surface area contributed by atoms with E-state index in [1.165, 1.54) is 5.39 Å². The summed E-state index contributed by atoms with van der Waals surface area (Å²) in [7, 11) is 0. The molecule has 0 fully saturated rings. The molecule has 6 heteroatoms. The van der Waals surface area contributed by atoms with Crippen LogP contribution >= 0.6 is 0 Å². The molecule has 6 nitrogen and oxygen atoms in total. The number of aromatic nitrogens is 4. The van der Waals surface area contributed by atoms with Gasteiger partial charge in [0, 0.05) is 27.6 Å². The predicted molar refractivity (Wildman–Crippen MR) is 225 cm³/mol. The minimum absolute atomic E-state index is 0.593. The van der Waals surface area contributed by atoms with Gasteiger partial charge < -0.3 is 8.83 Å². The highest BCUT2D eigenvalue weighted by molar-refractivity contribution is 6.18. The Hall–Kier alpha value is -7.70. The first-order valence-corrected chi connectivity index (χ1v) is 18.5. The smallest absolute Gasteiger partial charge is 0.227 e. The molecule has 0 bridgehead atoms. The lowest BCUT2D eigenvalue weighted by Crippen LogP contribution is -2.00. The summed E-state index contributed by atoms with van der Waals surface area (Å²) in [6.07, 6.45) is 0. The van der Waals surface area contributed by atoms with Gasteiger partial charge >= 0.3 is 0 Å². The first-order valence-electron chi connectivity index (χ1n) is 18.5. The average Bonchev–Trinajstić information content (AvgIpc) is 3.88. The second-order valence-corrected chi connectivity index (χ2v) is 13.8. The second kappa shape index (κ2) is 13.0. The van der Waals surface area contributed by atoms with Crippen molar-refractivity contribution >= 4 is 43.8 Å². The van der Waals surface area contributed by atoms with Gasteiger partial charge in [-0.15, -0.1) is 0 Å². The molecule has 8 aromatic carbocycles. The monoisotopic (exact) mass is 718 g/mol. The normalized spacial score (nSPS) is 11.6. The van der Waals surface area contributed by atoms with Crippen molar-refractivity contribution in [2.45, 2.75) is 0 Å². The summed E-state index contributed by atoms with van der Waals surface area (Å²) in [5.41, 5.74) is 11.4. The summed E-state index contributed by atoms with van der Waals surface area (Å²) < 4.78 is 12.6. The molecule has 0 aliphatic rings.